The van der Waals surface area contributed by atoms with Crippen LogP contribution in [0.4, 0.5) is 0 Å². The third-order valence-electron chi connectivity index (χ3n) is 2.72. The summed E-state index contributed by atoms with van der Waals surface area (Å²) in [6.45, 7) is 0.878. The van der Waals surface area contributed by atoms with E-state index in [0.29, 0.717) is 0 Å². The first-order valence-corrected chi connectivity index (χ1v) is 7.29. The minimum absolute atomic E-state index is 0.878. The molecule has 18 heavy (non-hydrogen) atoms. The lowest BCUT2D eigenvalue weighted by Crippen LogP contribution is -1.99. The van der Waals surface area contributed by atoms with Crippen LogP contribution >= 0.6 is 27.3 Å². The highest BCUT2D eigenvalue weighted by atomic mass is 79.9. The zero-order valence-electron chi connectivity index (χ0n) is 9.58. The number of hydrogen-bond acceptors (Lipinski definition) is 2. The fraction of sp³-hybridized carbons (Fsp3) is 0.0714. The lowest BCUT2D eigenvalue weighted by atomic mass is 10.2. The van der Waals surface area contributed by atoms with E-state index in [4.69, 9.17) is 0 Å². The number of thiophene rings is 1. The molecule has 3 aromatic rings. The SMILES string of the molecule is Brc1ccc(-c2nccn2Cc2cccs2)cc1. The maximum Gasteiger partial charge on any atom is 0.140 e. The number of hydrogen-bond donors (Lipinski definition) is 0. The van der Waals surface area contributed by atoms with E-state index >= 15 is 0 Å². The zero-order chi connectivity index (χ0) is 12.4. The molecule has 90 valence electrons. The normalized spacial score (nSPS) is 10.7. The second-order valence-corrected chi connectivity index (χ2v) is 5.91. The van der Waals surface area contributed by atoms with Crippen molar-refractivity contribution < 1.29 is 0 Å². The third-order valence-corrected chi connectivity index (χ3v) is 4.11. The molecule has 0 N–H and O–H groups in total. The number of rotatable bonds is 3. The molecule has 2 nitrogen and oxygen atoms in total. The summed E-state index contributed by atoms with van der Waals surface area (Å²) in [5.41, 5.74) is 1.14. The smallest absolute Gasteiger partial charge is 0.140 e. The summed E-state index contributed by atoms with van der Waals surface area (Å²) in [6.07, 6.45) is 3.88. The van der Waals surface area contributed by atoms with Crippen LogP contribution in [0.25, 0.3) is 11.4 Å². The Balaban J connectivity index is 1.94. The second kappa shape index (κ2) is 5.08. The van der Waals surface area contributed by atoms with Gasteiger partial charge in [-0.25, -0.2) is 4.98 Å². The maximum absolute atomic E-state index is 4.45. The van der Waals surface area contributed by atoms with Gasteiger partial charge < -0.3 is 4.57 Å². The molecule has 0 fully saturated rings. The Morgan fingerprint density at radius 2 is 2.00 bits per heavy atom. The lowest BCUT2D eigenvalue weighted by Gasteiger charge is -2.06. The summed E-state index contributed by atoms with van der Waals surface area (Å²) in [5, 5.41) is 2.10. The van der Waals surface area contributed by atoms with Gasteiger partial charge in [0.1, 0.15) is 5.82 Å². The van der Waals surface area contributed by atoms with Crippen LogP contribution in [0.3, 0.4) is 0 Å². The number of halogens is 1. The minimum atomic E-state index is 0.878. The van der Waals surface area contributed by atoms with Crippen LogP contribution in [0.5, 0.6) is 0 Å². The molecule has 0 saturated carbocycles. The van der Waals surface area contributed by atoms with Gasteiger partial charge in [-0.3, -0.25) is 0 Å². The topological polar surface area (TPSA) is 17.8 Å². The maximum atomic E-state index is 4.45. The van der Waals surface area contributed by atoms with E-state index in [1.165, 1.54) is 4.88 Å². The van der Waals surface area contributed by atoms with Crippen LogP contribution in [-0.2, 0) is 6.54 Å². The van der Waals surface area contributed by atoms with Crippen molar-refractivity contribution in [2.75, 3.05) is 0 Å². The Kier molecular flexibility index (Phi) is 3.30. The second-order valence-electron chi connectivity index (χ2n) is 3.97. The van der Waals surface area contributed by atoms with Crippen molar-refractivity contribution in [1.82, 2.24) is 9.55 Å². The van der Waals surface area contributed by atoms with Crippen LogP contribution in [0.1, 0.15) is 4.88 Å². The molecule has 0 bridgehead atoms. The molecule has 0 aliphatic carbocycles. The molecule has 0 radical (unpaired) electrons. The first-order chi connectivity index (χ1) is 8.83. The largest absolute Gasteiger partial charge is 0.326 e. The molecular formula is C14H11BrN2S. The van der Waals surface area contributed by atoms with Gasteiger partial charge in [-0.15, -0.1) is 11.3 Å². The van der Waals surface area contributed by atoms with Gasteiger partial charge in [0.25, 0.3) is 0 Å². The Bertz CT molecular complexity index is 626. The predicted molar refractivity (Wildman–Crippen MR) is 78.8 cm³/mol. The van der Waals surface area contributed by atoms with Gasteiger partial charge in [0.15, 0.2) is 0 Å². The lowest BCUT2D eigenvalue weighted by molar-refractivity contribution is 0.820. The Morgan fingerprint density at radius 3 is 2.72 bits per heavy atom. The van der Waals surface area contributed by atoms with Crippen LogP contribution in [-0.4, -0.2) is 9.55 Å². The Labute approximate surface area is 118 Å². The third kappa shape index (κ3) is 2.40. The molecule has 0 aliphatic heterocycles. The quantitative estimate of drug-likeness (QED) is 0.699. The monoisotopic (exact) mass is 318 g/mol. The average Bonchev–Trinajstić information content (AvgIpc) is 3.02. The van der Waals surface area contributed by atoms with Crippen molar-refractivity contribution in [3.8, 4) is 11.4 Å². The van der Waals surface area contributed by atoms with Crippen molar-refractivity contribution in [3.05, 3.63) is 63.5 Å². The van der Waals surface area contributed by atoms with Crippen molar-refractivity contribution >= 4 is 27.3 Å². The highest BCUT2D eigenvalue weighted by Gasteiger charge is 2.06. The molecule has 0 unspecified atom stereocenters. The molecule has 2 aromatic heterocycles. The molecule has 0 atom stereocenters. The number of benzene rings is 1. The fourth-order valence-electron chi connectivity index (χ4n) is 1.87. The molecule has 2 heterocycles. The van der Waals surface area contributed by atoms with Crippen LogP contribution in [0.15, 0.2) is 58.6 Å². The fourth-order valence-corrected chi connectivity index (χ4v) is 2.83. The first-order valence-electron chi connectivity index (χ1n) is 5.62. The van der Waals surface area contributed by atoms with E-state index < -0.39 is 0 Å². The van der Waals surface area contributed by atoms with Gasteiger partial charge in [-0.1, -0.05) is 34.1 Å². The van der Waals surface area contributed by atoms with E-state index in [1.807, 2.05) is 24.5 Å². The molecule has 0 amide bonds. The van der Waals surface area contributed by atoms with Gasteiger partial charge in [0.2, 0.25) is 0 Å². The standard InChI is InChI=1S/C14H11BrN2S/c15-12-5-3-11(4-6-12)14-16-7-8-17(14)10-13-2-1-9-18-13/h1-9H,10H2. The molecule has 0 saturated heterocycles. The summed E-state index contributed by atoms with van der Waals surface area (Å²) in [5.74, 6) is 1.01. The number of aromatic nitrogens is 2. The van der Waals surface area contributed by atoms with Gasteiger partial charge in [-0.05, 0) is 23.6 Å². The van der Waals surface area contributed by atoms with E-state index in [-0.39, 0.29) is 0 Å². The highest BCUT2D eigenvalue weighted by Crippen LogP contribution is 2.22. The number of nitrogens with zero attached hydrogens (tertiary/aromatic N) is 2. The molecule has 0 spiro atoms. The number of imidazole rings is 1. The van der Waals surface area contributed by atoms with Gasteiger partial charge in [0, 0.05) is 27.3 Å². The van der Waals surface area contributed by atoms with Crippen molar-refractivity contribution in [2.45, 2.75) is 6.54 Å². The first kappa shape index (κ1) is 11.7. The predicted octanol–water partition coefficient (Wildman–Crippen LogP) is 4.42. The van der Waals surface area contributed by atoms with E-state index in [9.17, 15) is 0 Å². The van der Waals surface area contributed by atoms with E-state index in [2.05, 4.69) is 55.1 Å². The molecule has 3 rings (SSSR count). The van der Waals surface area contributed by atoms with Gasteiger partial charge >= 0.3 is 0 Å². The van der Waals surface area contributed by atoms with Crippen molar-refractivity contribution in [1.29, 1.82) is 0 Å². The molecule has 0 aliphatic rings. The molecular weight excluding hydrogens is 308 g/mol. The highest BCUT2D eigenvalue weighted by molar-refractivity contribution is 9.10. The van der Waals surface area contributed by atoms with Crippen molar-refractivity contribution in [2.24, 2.45) is 0 Å². The summed E-state index contributed by atoms with van der Waals surface area (Å²) in [6, 6.07) is 12.5. The summed E-state index contributed by atoms with van der Waals surface area (Å²) in [4.78, 5) is 5.79. The van der Waals surface area contributed by atoms with Crippen LogP contribution in [0, 0.1) is 0 Å². The average molecular weight is 319 g/mol. The van der Waals surface area contributed by atoms with E-state index in [0.717, 1.165) is 22.4 Å². The van der Waals surface area contributed by atoms with Crippen LogP contribution in [0.2, 0.25) is 0 Å². The van der Waals surface area contributed by atoms with E-state index in [1.54, 1.807) is 11.3 Å². The molecule has 4 heteroatoms. The van der Waals surface area contributed by atoms with Gasteiger partial charge in [-0.2, -0.15) is 0 Å². The Morgan fingerprint density at radius 1 is 1.17 bits per heavy atom. The summed E-state index contributed by atoms with van der Waals surface area (Å²) < 4.78 is 3.26. The molecule has 1 aromatic carbocycles. The van der Waals surface area contributed by atoms with Crippen LogP contribution < -0.4 is 0 Å². The van der Waals surface area contributed by atoms with Crippen molar-refractivity contribution in [3.63, 3.8) is 0 Å². The van der Waals surface area contributed by atoms with Gasteiger partial charge in [0.05, 0.1) is 6.54 Å². The minimum Gasteiger partial charge on any atom is -0.326 e. The zero-order valence-corrected chi connectivity index (χ0v) is 12.0. The summed E-state index contributed by atoms with van der Waals surface area (Å²) in [7, 11) is 0. The Hall–Kier alpha value is -1.39. The summed E-state index contributed by atoms with van der Waals surface area (Å²) >= 11 is 5.22.